The average molecular weight is 304 g/mol. The van der Waals surface area contributed by atoms with Crippen LogP contribution in [0.15, 0.2) is 24.3 Å². The van der Waals surface area contributed by atoms with Crippen LogP contribution in [0.2, 0.25) is 0 Å². The van der Waals surface area contributed by atoms with Crippen LogP contribution in [-0.4, -0.2) is 49.8 Å². The molecule has 0 saturated carbocycles. The fourth-order valence-electron chi connectivity index (χ4n) is 3.39. The maximum absolute atomic E-state index is 12.2. The Morgan fingerprint density at radius 2 is 2.36 bits per heavy atom. The van der Waals surface area contributed by atoms with Crippen LogP contribution in [0.3, 0.4) is 0 Å². The van der Waals surface area contributed by atoms with Crippen molar-refractivity contribution in [3.63, 3.8) is 0 Å². The number of hydrogen-bond acceptors (Lipinski definition) is 4. The minimum atomic E-state index is -0.254. The quantitative estimate of drug-likeness (QED) is 0.914. The molecule has 2 unspecified atom stereocenters. The average Bonchev–Trinajstić information content (AvgIpc) is 3.07. The van der Waals surface area contributed by atoms with Crippen LogP contribution >= 0.6 is 0 Å². The van der Waals surface area contributed by atoms with Crippen molar-refractivity contribution >= 4 is 5.91 Å². The summed E-state index contributed by atoms with van der Waals surface area (Å²) in [4.78, 5) is 14.1. The van der Waals surface area contributed by atoms with E-state index >= 15 is 0 Å². The molecule has 1 aromatic carbocycles. The van der Waals surface area contributed by atoms with Gasteiger partial charge in [-0.05, 0) is 37.6 Å². The Kier molecular flexibility index (Phi) is 4.36. The van der Waals surface area contributed by atoms with Crippen molar-refractivity contribution in [1.29, 1.82) is 0 Å². The Bertz CT molecular complexity index is 542. The number of carbonyl (C=O) groups excluding carboxylic acids is 1. The van der Waals surface area contributed by atoms with Gasteiger partial charge in [0.2, 0.25) is 5.91 Å². The first-order valence-corrected chi connectivity index (χ1v) is 7.86. The second-order valence-electron chi connectivity index (χ2n) is 6.39. The van der Waals surface area contributed by atoms with Crippen molar-refractivity contribution in [2.24, 2.45) is 5.92 Å². The minimum Gasteiger partial charge on any atom is -0.497 e. The van der Waals surface area contributed by atoms with Crippen LogP contribution in [0.4, 0.5) is 0 Å². The third-order valence-electron chi connectivity index (χ3n) is 4.81. The summed E-state index contributed by atoms with van der Waals surface area (Å²) in [6, 6.07) is 7.88. The van der Waals surface area contributed by atoms with E-state index in [0.29, 0.717) is 19.0 Å². The molecule has 3 rings (SSSR count). The van der Waals surface area contributed by atoms with Crippen LogP contribution in [0.1, 0.15) is 18.9 Å². The molecule has 22 heavy (non-hydrogen) atoms. The molecule has 1 N–H and O–H groups in total. The van der Waals surface area contributed by atoms with Crippen LogP contribution in [0, 0.1) is 5.92 Å². The highest BCUT2D eigenvalue weighted by molar-refractivity contribution is 5.78. The molecule has 0 aliphatic carbocycles. The molecule has 0 aromatic heterocycles. The van der Waals surface area contributed by atoms with Gasteiger partial charge in [0, 0.05) is 19.0 Å². The van der Waals surface area contributed by atoms with Crippen LogP contribution in [-0.2, 0) is 16.1 Å². The van der Waals surface area contributed by atoms with E-state index in [2.05, 4.69) is 12.2 Å². The highest BCUT2D eigenvalue weighted by Crippen LogP contribution is 2.31. The number of amides is 1. The molecule has 120 valence electrons. The van der Waals surface area contributed by atoms with Crippen molar-refractivity contribution in [3.8, 4) is 5.75 Å². The molecule has 0 radical (unpaired) electrons. The maximum atomic E-state index is 12.2. The number of nitrogens with one attached hydrogen (secondary N) is 1. The fourth-order valence-corrected chi connectivity index (χ4v) is 3.39. The van der Waals surface area contributed by atoms with E-state index in [-0.39, 0.29) is 18.1 Å². The van der Waals surface area contributed by atoms with E-state index in [1.165, 1.54) is 0 Å². The molecule has 5 heteroatoms. The standard InChI is InChI=1S/C17H24N2O3/c1-17(14-6-7-18-9-14)12-19(16(20)11-22-17)10-13-4-3-5-15(8-13)21-2/h3-5,8,14,18H,6-7,9-12H2,1-2H3. The van der Waals surface area contributed by atoms with Crippen molar-refractivity contribution in [1.82, 2.24) is 10.2 Å². The number of ether oxygens (including phenoxy) is 2. The summed E-state index contributed by atoms with van der Waals surface area (Å²) in [7, 11) is 1.66. The first kappa shape index (κ1) is 15.3. The molecule has 2 fully saturated rings. The lowest BCUT2D eigenvalue weighted by Gasteiger charge is -2.43. The first-order chi connectivity index (χ1) is 10.6. The SMILES string of the molecule is COc1cccc(CN2CC(C)(C3CCNC3)OCC2=O)c1. The minimum absolute atomic E-state index is 0.0613. The molecule has 0 spiro atoms. The lowest BCUT2D eigenvalue weighted by Crippen LogP contribution is -2.56. The Hall–Kier alpha value is -1.59. The van der Waals surface area contributed by atoms with Gasteiger partial charge in [-0.25, -0.2) is 0 Å². The van der Waals surface area contributed by atoms with E-state index in [9.17, 15) is 4.79 Å². The highest BCUT2D eigenvalue weighted by atomic mass is 16.5. The van der Waals surface area contributed by atoms with Crippen molar-refractivity contribution in [3.05, 3.63) is 29.8 Å². The smallest absolute Gasteiger partial charge is 0.248 e. The zero-order valence-electron chi connectivity index (χ0n) is 13.3. The predicted molar refractivity (Wildman–Crippen MR) is 83.7 cm³/mol. The van der Waals surface area contributed by atoms with Crippen LogP contribution < -0.4 is 10.1 Å². The summed E-state index contributed by atoms with van der Waals surface area (Å²) in [6.07, 6.45) is 1.11. The molecule has 2 heterocycles. The normalized spacial score (nSPS) is 28.9. The second-order valence-corrected chi connectivity index (χ2v) is 6.39. The van der Waals surface area contributed by atoms with Gasteiger partial charge in [-0.1, -0.05) is 12.1 Å². The van der Waals surface area contributed by atoms with Crippen molar-refractivity contribution < 1.29 is 14.3 Å². The molecule has 1 amide bonds. The third kappa shape index (κ3) is 3.10. The molecular weight excluding hydrogens is 280 g/mol. The summed E-state index contributed by atoms with van der Waals surface area (Å²) in [5, 5.41) is 3.39. The van der Waals surface area contributed by atoms with Gasteiger partial charge in [-0.2, -0.15) is 0 Å². The lowest BCUT2D eigenvalue weighted by molar-refractivity contribution is -0.169. The number of morpholine rings is 1. The molecular formula is C17H24N2O3. The van der Waals surface area contributed by atoms with Gasteiger partial charge in [0.15, 0.2) is 0 Å². The van der Waals surface area contributed by atoms with E-state index in [4.69, 9.17) is 9.47 Å². The molecule has 2 saturated heterocycles. The largest absolute Gasteiger partial charge is 0.497 e. The van der Waals surface area contributed by atoms with Gasteiger partial charge in [-0.15, -0.1) is 0 Å². The summed E-state index contributed by atoms with van der Waals surface area (Å²) >= 11 is 0. The summed E-state index contributed by atoms with van der Waals surface area (Å²) in [6.45, 7) is 5.57. The van der Waals surface area contributed by atoms with Crippen molar-refractivity contribution in [2.45, 2.75) is 25.5 Å². The monoisotopic (exact) mass is 304 g/mol. The summed E-state index contributed by atoms with van der Waals surface area (Å²) in [5.41, 5.74) is 0.831. The van der Waals surface area contributed by atoms with Gasteiger partial charge < -0.3 is 19.7 Å². The molecule has 5 nitrogen and oxygen atoms in total. The first-order valence-electron chi connectivity index (χ1n) is 7.86. The molecule has 2 aliphatic heterocycles. The Morgan fingerprint density at radius 3 is 3.09 bits per heavy atom. The Balaban J connectivity index is 1.72. The zero-order chi connectivity index (χ0) is 15.6. The van der Waals surface area contributed by atoms with Gasteiger partial charge in [-0.3, -0.25) is 4.79 Å². The zero-order valence-corrected chi connectivity index (χ0v) is 13.3. The number of rotatable bonds is 4. The number of benzene rings is 1. The maximum Gasteiger partial charge on any atom is 0.248 e. The van der Waals surface area contributed by atoms with Gasteiger partial charge >= 0.3 is 0 Å². The Labute approximate surface area is 131 Å². The predicted octanol–water partition coefficient (Wildman–Crippen LogP) is 1.42. The van der Waals surface area contributed by atoms with Crippen LogP contribution in [0.5, 0.6) is 5.75 Å². The van der Waals surface area contributed by atoms with E-state index in [1.807, 2.05) is 29.2 Å². The Morgan fingerprint density at radius 1 is 1.50 bits per heavy atom. The van der Waals surface area contributed by atoms with E-state index in [0.717, 1.165) is 30.8 Å². The van der Waals surface area contributed by atoms with Crippen LogP contribution in [0.25, 0.3) is 0 Å². The number of methoxy groups -OCH3 is 1. The van der Waals surface area contributed by atoms with Gasteiger partial charge in [0.1, 0.15) is 12.4 Å². The number of hydrogen-bond donors (Lipinski definition) is 1. The number of carbonyl (C=O) groups is 1. The molecule has 2 atom stereocenters. The molecule has 0 bridgehead atoms. The van der Waals surface area contributed by atoms with E-state index in [1.54, 1.807) is 7.11 Å². The summed E-state index contributed by atoms with van der Waals surface area (Å²) in [5.74, 6) is 1.35. The molecule has 2 aliphatic rings. The van der Waals surface area contributed by atoms with Gasteiger partial charge in [0.05, 0.1) is 19.3 Å². The van der Waals surface area contributed by atoms with E-state index < -0.39 is 0 Å². The van der Waals surface area contributed by atoms with Crippen molar-refractivity contribution in [2.75, 3.05) is 33.4 Å². The highest BCUT2D eigenvalue weighted by Gasteiger charge is 2.43. The fraction of sp³-hybridized carbons (Fsp3) is 0.588. The topological polar surface area (TPSA) is 50.8 Å². The second kappa shape index (κ2) is 6.26. The third-order valence-corrected chi connectivity index (χ3v) is 4.81. The number of nitrogens with zero attached hydrogens (tertiary/aromatic N) is 1. The van der Waals surface area contributed by atoms with Gasteiger partial charge in [0.25, 0.3) is 0 Å². The summed E-state index contributed by atoms with van der Waals surface area (Å²) < 4.78 is 11.2. The molecule has 1 aromatic rings. The lowest BCUT2D eigenvalue weighted by atomic mass is 9.86.